The first-order chi connectivity index (χ1) is 18.9. The van der Waals surface area contributed by atoms with E-state index in [2.05, 4.69) is 10.6 Å². The highest BCUT2D eigenvalue weighted by atomic mass is 16.6. The van der Waals surface area contributed by atoms with E-state index in [1.165, 1.54) is 24.1 Å². The summed E-state index contributed by atoms with van der Waals surface area (Å²) in [5, 5.41) is 16.0. The van der Waals surface area contributed by atoms with Crippen molar-refractivity contribution in [2.45, 2.75) is 71.1 Å². The lowest BCUT2D eigenvalue weighted by molar-refractivity contribution is -0.142. The summed E-state index contributed by atoms with van der Waals surface area (Å²) in [5.74, 6) is -1.76. The molecule has 0 spiro atoms. The molecule has 5 N–H and O–H groups in total. The minimum absolute atomic E-state index is 0.104. The Bertz CT molecular complexity index is 1160. The van der Waals surface area contributed by atoms with Crippen LogP contribution in [0.4, 0.5) is 10.5 Å². The summed E-state index contributed by atoms with van der Waals surface area (Å²) >= 11 is 0. The number of amides is 4. The molecule has 0 heterocycles. The maximum absolute atomic E-state index is 14.0. The van der Waals surface area contributed by atoms with E-state index < -0.39 is 47.9 Å². The lowest BCUT2D eigenvalue weighted by atomic mass is 10.00. The van der Waals surface area contributed by atoms with Gasteiger partial charge in [-0.1, -0.05) is 38.0 Å². The van der Waals surface area contributed by atoms with Crippen molar-refractivity contribution in [2.24, 2.45) is 5.73 Å². The van der Waals surface area contributed by atoms with Crippen LogP contribution in [0, 0.1) is 0 Å². The average molecular weight is 557 g/mol. The Hall–Kier alpha value is -4.28. The van der Waals surface area contributed by atoms with Gasteiger partial charge >= 0.3 is 6.09 Å². The number of carbonyl (C=O) groups excluding carboxylic acids is 4. The van der Waals surface area contributed by atoms with Crippen LogP contribution in [0.5, 0.6) is 11.5 Å². The molecule has 2 atom stereocenters. The Morgan fingerprint density at radius 1 is 1.02 bits per heavy atom. The number of nitrogens with one attached hydrogen (secondary N) is 2. The van der Waals surface area contributed by atoms with Crippen LogP contribution in [-0.4, -0.2) is 59.1 Å². The molecule has 0 aromatic heterocycles. The van der Waals surface area contributed by atoms with Gasteiger partial charge in [0.05, 0.1) is 13.5 Å². The molecule has 0 aliphatic carbocycles. The molecular formula is C29H40N4O7. The number of anilines is 1. The van der Waals surface area contributed by atoms with E-state index in [0.717, 1.165) is 12.8 Å². The van der Waals surface area contributed by atoms with Crippen LogP contribution >= 0.6 is 0 Å². The van der Waals surface area contributed by atoms with Crippen LogP contribution in [0.2, 0.25) is 0 Å². The fourth-order valence-corrected chi connectivity index (χ4v) is 4.00. The highest BCUT2D eigenvalue weighted by Gasteiger charge is 2.38. The molecule has 2 aromatic rings. The van der Waals surface area contributed by atoms with Gasteiger partial charge in [-0.3, -0.25) is 14.4 Å². The number of primary amides is 1. The molecule has 0 saturated carbocycles. The first-order valence-corrected chi connectivity index (χ1v) is 13.2. The normalized spacial score (nSPS) is 12.5. The Kier molecular flexibility index (Phi) is 11.8. The van der Waals surface area contributed by atoms with Gasteiger partial charge < -0.3 is 35.8 Å². The number of alkyl carbamates (subject to hydrolysis) is 1. The number of benzene rings is 2. The van der Waals surface area contributed by atoms with Gasteiger partial charge in [0.15, 0.2) is 0 Å². The summed E-state index contributed by atoms with van der Waals surface area (Å²) in [6.45, 7) is 7.07. The van der Waals surface area contributed by atoms with Gasteiger partial charge in [-0.2, -0.15) is 0 Å². The van der Waals surface area contributed by atoms with Crippen molar-refractivity contribution in [3.8, 4) is 11.5 Å². The molecule has 0 saturated heterocycles. The third-order valence-corrected chi connectivity index (χ3v) is 5.83. The van der Waals surface area contributed by atoms with Crippen LogP contribution in [-0.2, 0) is 19.1 Å². The van der Waals surface area contributed by atoms with Crippen molar-refractivity contribution >= 4 is 29.5 Å². The molecule has 0 radical (unpaired) electrons. The van der Waals surface area contributed by atoms with Crippen molar-refractivity contribution in [1.29, 1.82) is 0 Å². The molecule has 2 aromatic carbocycles. The van der Waals surface area contributed by atoms with Crippen LogP contribution < -0.4 is 21.1 Å². The first kappa shape index (κ1) is 31.9. The zero-order valence-corrected chi connectivity index (χ0v) is 23.7. The van der Waals surface area contributed by atoms with E-state index >= 15 is 0 Å². The molecule has 218 valence electrons. The Labute approximate surface area is 235 Å². The maximum Gasteiger partial charge on any atom is 0.408 e. The van der Waals surface area contributed by atoms with Crippen molar-refractivity contribution in [2.75, 3.05) is 19.0 Å². The van der Waals surface area contributed by atoms with Gasteiger partial charge in [0.2, 0.25) is 11.8 Å². The Balaban J connectivity index is 2.54. The fourth-order valence-electron chi connectivity index (χ4n) is 4.00. The van der Waals surface area contributed by atoms with E-state index in [1.807, 2.05) is 6.92 Å². The van der Waals surface area contributed by atoms with Crippen molar-refractivity contribution in [3.05, 3.63) is 54.1 Å². The summed E-state index contributed by atoms with van der Waals surface area (Å²) in [7, 11) is 1.52. The molecule has 2 unspecified atom stereocenters. The van der Waals surface area contributed by atoms with E-state index in [4.69, 9.17) is 15.2 Å². The number of nitrogens with two attached hydrogens (primary N) is 1. The maximum atomic E-state index is 14.0. The predicted octanol–water partition coefficient (Wildman–Crippen LogP) is 3.87. The molecule has 0 aliphatic rings. The summed E-state index contributed by atoms with van der Waals surface area (Å²) in [4.78, 5) is 53.6. The van der Waals surface area contributed by atoms with Gasteiger partial charge in [-0.05, 0) is 57.5 Å². The molecule has 11 heteroatoms. The molecule has 2 rings (SSSR count). The molecule has 0 fully saturated rings. The summed E-state index contributed by atoms with van der Waals surface area (Å²) in [5.41, 5.74) is 5.17. The van der Waals surface area contributed by atoms with Crippen molar-refractivity contribution in [3.63, 3.8) is 0 Å². The van der Waals surface area contributed by atoms with Gasteiger partial charge in [0.25, 0.3) is 5.91 Å². The van der Waals surface area contributed by atoms with Crippen LogP contribution in [0.1, 0.15) is 65.0 Å². The number of hydrogen-bond donors (Lipinski definition) is 4. The number of para-hydroxylation sites is 1. The van der Waals surface area contributed by atoms with Crippen LogP contribution in [0.25, 0.3) is 0 Å². The number of unbranched alkanes of at least 4 members (excludes halogenated alkanes) is 2. The number of carbonyl (C=O) groups is 4. The van der Waals surface area contributed by atoms with Crippen LogP contribution in [0.15, 0.2) is 48.5 Å². The molecule has 11 nitrogen and oxygen atoms in total. The first-order valence-electron chi connectivity index (χ1n) is 13.2. The Morgan fingerprint density at radius 3 is 2.23 bits per heavy atom. The summed E-state index contributed by atoms with van der Waals surface area (Å²) < 4.78 is 10.5. The monoisotopic (exact) mass is 556 g/mol. The van der Waals surface area contributed by atoms with Crippen LogP contribution in [0.3, 0.4) is 0 Å². The highest BCUT2D eigenvalue weighted by Crippen LogP contribution is 2.31. The number of phenolic OH excluding ortho intramolecular Hbond substituents is 1. The third kappa shape index (κ3) is 9.79. The second-order valence-corrected chi connectivity index (χ2v) is 10.3. The molecule has 40 heavy (non-hydrogen) atoms. The number of rotatable bonds is 13. The average Bonchev–Trinajstić information content (AvgIpc) is 2.87. The van der Waals surface area contributed by atoms with Gasteiger partial charge in [0, 0.05) is 17.8 Å². The van der Waals surface area contributed by atoms with Gasteiger partial charge in [0.1, 0.15) is 29.2 Å². The number of aromatic hydroxyl groups is 1. The second-order valence-electron chi connectivity index (χ2n) is 10.3. The second kappa shape index (κ2) is 14.8. The number of phenols is 1. The lowest BCUT2D eigenvalue weighted by Crippen LogP contribution is -2.53. The Morgan fingerprint density at radius 2 is 1.68 bits per heavy atom. The van der Waals surface area contributed by atoms with Crippen molar-refractivity contribution < 1.29 is 33.8 Å². The minimum atomic E-state index is -1.41. The smallest absolute Gasteiger partial charge is 0.408 e. The molecule has 0 aliphatic heterocycles. The van der Waals surface area contributed by atoms with Crippen molar-refractivity contribution in [1.82, 2.24) is 10.2 Å². The zero-order valence-electron chi connectivity index (χ0n) is 23.7. The van der Waals surface area contributed by atoms with Gasteiger partial charge in [-0.25, -0.2) is 4.79 Å². The quantitative estimate of drug-likeness (QED) is 0.272. The largest absolute Gasteiger partial charge is 0.508 e. The van der Waals surface area contributed by atoms with E-state index in [1.54, 1.807) is 57.2 Å². The minimum Gasteiger partial charge on any atom is -0.508 e. The topological polar surface area (TPSA) is 160 Å². The van der Waals surface area contributed by atoms with E-state index in [-0.39, 0.29) is 17.9 Å². The summed E-state index contributed by atoms with van der Waals surface area (Å²) in [6, 6.07) is 10.1. The standard InChI is InChI=1S/C29H40N4O7/c1-6-7-10-17-33(27(37)22(18-24(30)35)32-28(38)40-29(2,3)4)25(21-11-8-9-12-23(21)34)26(36)31-19-13-15-20(39-5)16-14-19/h8-9,11-16,22,25,34H,6-7,10,17-18H2,1-5H3,(H2,30,35)(H,31,36)(H,32,38). The van der Waals surface area contributed by atoms with E-state index in [9.17, 15) is 24.3 Å². The molecule has 4 amide bonds. The SMILES string of the molecule is CCCCCN(C(=O)C(CC(N)=O)NC(=O)OC(C)(C)C)C(C(=O)Nc1ccc(OC)cc1)c1ccccc1O. The summed E-state index contributed by atoms with van der Waals surface area (Å²) in [6.07, 6.45) is 0.676. The number of nitrogens with zero attached hydrogens (tertiary/aromatic N) is 1. The molecule has 0 bridgehead atoms. The fraction of sp³-hybridized carbons (Fsp3) is 0.448. The van der Waals surface area contributed by atoms with E-state index in [0.29, 0.717) is 17.9 Å². The number of hydrogen-bond acceptors (Lipinski definition) is 7. The van der Waals surface area contributed by atoms with Gasteiger partial charge in [-0.15, -0.1) is 0 Å². The zero-order chi connectivity index (χ0) is 29.9. The number of ether oxygens (including phenoxy) is 2. The predicted molar refractivity (Wildman–Crippen MR) is 151 cm³/mol. The lowest BCUT2D eigenvalue weighted by Gasteiger charge is -2.34. The molecular weight excluding hydrogens is 516 g/mol. The highest BCUT2D eigenvalue weighted by molar-refractivity contribution is 6.00. The number of methoxy groups -OCH3 is 1. The third-order valence-electron chi connectivity index (χ3n) is 5.83.